The van der Waals surface area contributed by atoms with E-state index in [1.807, 2.05) is 6.92 Å². The Balaban J connectivity index is 3.09. The summed E-state index contributed by atoms with van der Waals surface area (Å²) >= 11 is 1.56. The number of thiazole rings is 1. The van der Waals surface area contributed by atoms with Crippen LogP contribution in [0.1, 0.15) is 30.5 Å². The lowest BCUT2D eigenvalue weighted by Gasteiger charge is -1.94. The smallest absolute Gasteiger partial charge is 0.114 e. The van der Waals surface area contributed by atoms with Crippen LogP contribution in [-0.2, 0) is 10.8 Å². The highest BCUT2D eigenvalue weighted by Crippen LogP contribution is 2.26. The monoisotopic (exact) mass is 203 g/mol. The molecule has 1 heterocycles. The van der Waals surface area contributed by atoms with E-state index in [0.717, 1.165) is 14.9 Å². The van der Waals surface area contributed by atoms with Gasteiger partial charge in [0.2, 0.25) is 0 Å². The van der Waals surface area contributed by atoms with Crippen molar-refractivity contribution < 1.29 is 4.21 Å². The van der Waals surface area contributed by atoms with Crippen molar-refractivity contribution in [2.45, 2.75) is 30.9 Å². The molecule has 0 aliphatic rings. The minimum atomic E-state index is -0.880. The van der Waals surface area contributed by atoms with Crippen LogP contribution in [0.4, 0.5) is 0 Å². The largest absolute Gasteiger partial charge is 0.254 e. The third-order valence-electron chi connectivity index (χ3n) is 1.53. The van der Waals surface area contributed by atoms with E-state index in [9.17, 15) is 4.21 Å². The molecule has 0 aliphatic carbocycles. The third kappa shape index (κ3) is 1.93. The van der Waals surface area contributed by atoms with Gasteiger partial charge >= 0.3 is 0 Å². The summed E-state index contributed by atoms with van der Waals surface area (Å²) in [6.45, 7) is 6.11. The molecule has 0 aliphatic heterocycles. The van der Waals surface area contributed by atoms with Gasteiger partial charge in [-0.05, 0) is 6.92 Å². The number of hydrogen-bond acceptors (Lipinski definition) is 3. The zero-order chi connectivity index (χ0) is 9.30. The normalized spacial score (nSPS) is 13.8. The van der Waals surface area contributed by atoms with Gasteiger partial charge in [-0.25, -0.2) is 4.98 Å². The minimum Gasteiger partial charge on any atom is -0.254 e. The molecule has 1 aromatic heterocycles. The Morgan fingerprint density at radius 3 is 2.33 bits per heavy atom. The molecule has 0 N–H and O–H groups in total. The van der Waals surface area contributed by atoms with E-state index in [1.165, 1.54) is 0 Å². The molecule has 0 saturated carbocycles. The fourth-order valence-electron chi connectivity index (χ4n) is 0.916. The van der Waals surface area contributed by atoms with E-state index in [4.69, 9.17) is 0 Å². The van der Waals surface area contributed by atoms with Gasteiger partial charge in [0.15, 0.2) is 0 Å². The van der Waals surface area contributed by atoms with E-state index >= 15 is 0 Å². The summed E-state index contributed by atoms with van der Waals surface area (Å²) in [4.78, 5) is 4.36. The molecular formula is C8H13NOS2. The van der Waals surface area contributed by atoms with Crippen molar-refractivity contribution in [3.8, 4) is 0 Å². The summed E-state index contributed by atoms with van der Waals surface area (Å²) in [6, 6.07) is 0. The Labute approximate surface area is 79.5 Å². The van der Waals surface area contributed by atoms with Gasteiger partial charge in [-0.3, -0.25) is 4.21 Å². The molecule has 68 valence electrons. The first kappa shape index (κ1) is 9.86. The topological polar surface area (TPSA) is 30.0 Å². The molecule has 0 amide bonds. The second kappa shape index (κ2) is 3.66. The fourth-order valence-corrected chi connectivity index (χ4v) is 2.91. The van der Waals surface area contributed by atoms with Crippen LogP contribution in [0.15, 0.2) is 4.21 Å². The van der Waals surface area contributed by atoms with Crippen molar-refractivity contribution in [3.63, 3.8) is 0 Å². The summed E-state index contributed by atoms with van der Waals surface area (Å²) in [5.74, 6) is 0.436. The van der Waals surface area contributed by atoms with Crippen molar-refractivity contribution in [2.75, 3.05) is 6.26 Å². The summed E-state index contributed by atoms with van der Waals surface area (Å²) in [5.41, 5.74) is 0.921. The van der Waals surface area contributed by atoms with Crippen LogP contribution >= 0.6 is 11.3 Å². The molecule has 1 rings (SSSR count). The van der Waals surface area contributed by atoms with Gasteiger partial charge in [0.25, 0.3) is 0 Å². The van der Waals surface area contributed by atoms with E-state index in [2.05, 4.69) is 18.8 Å². The van der Waals surface area contributed by atoms with E-state index in [0.29, 0.717) is 5.92 Å². The second-order valence-corrected chi connectivity index (χ2v) is 5.64. The molecule has 1 atom stereocenters. The highest BCUT2D eigenvalue weighted by atomic mass is 32.2. The highest BCUT2D eigenvalue weighted by Gasteiger charge is 2.12. The fraction of sp³-hybridized carbons (Fsp3) is 0.625. The quantitative estimate of drug-likeness (QED) is 0.738. The Morgan fingerprint density at radius 2 is 2.08 bits per heavy atom. The van der Waals surface area contributed by atoms with Gasteiger partial charge in [0.1, 0.15) is 4.21 Å². The molecule has 12 heavy (non-hydrogen) atoms. The highest BCUT2D eigenvalue weighted by molar-refractivity contribution is 7.86. The lowest BCUT2D eigenvalue weighted by Crippen LogP contribution is -1.86. The van der Waals surface area contributed by atoms with E-state index in [1.54, 1.807) is 17.6 Å². The van der Waals surface area contributed by atoms with Crippen molar-refractivity contribution in [2.24, 2.45) is 0 Å². The maximum Gasteiger partial charge on any atom is 0.114 e. The number of hydrogen-bond donors (Lipinski definition) is 0. The summed E-state index contributed by atoms with van der Waals surface area (Å²) in [5, 5.41) is 1.08. The number of nitrogens with zero attached hydrogens (tertiary/aromatic N) is 1. The van der Waals surface area contributed by atoms with Crippen LogP contribution in [0.25, 0.3) is 0 Å². The number of aromatic nitrogens is 1. The molecule has 4 heteroatoms. The Morgan fingerprint density at radius 1 is 1.50 bits per heavy atom. The van der Waals surface area contributed by atoms with E-state index in [-0.39, 0.29) is 0 Å². The molecule has 0 bridgehead atoms. The first-order valence-corrected chi connectivity index (χ1v) is 6.20. The molecule has 0 spiro atoms. The van der Waals surface area contributed by atoms with Crippen molar-refractivity contribution >= 4 is 22.1 Å². The number of aryl methyl sites for hydroxylation is 1. The van der Waals surface area contributed by atoms with E-state index < -0.39 is 10.8 Å². The lowest BCUT2D eigenvalue weighted by molar-refractivity contribution is 0.687. The molecule has 0 fully saturated rings. The average Bonchev–Trinajstić information content (AvgIpc) is 2.30. The molecule has 0 saturated heterocycles. The molecule has 1 aromatic rings. The summed E-state index contributed by atoms with van der Waals surface area (Å²) in [7, 11) is -0.880. The predicted molar refractivity (Wildman–Crippen MR) is 53.3 cm³/mol. The zero-order valence-corrected chi connectivity index (χ0v) is 9.38. The van der Waals surface area contributed by atoms with Crippen LogP contribution in [-0.4, -0.2) is 15.4 Å². The Hall–Kier alpha value is -0.220. The first-order valence-electron chi connectivity index (χ1n) is 3.83. The molecule has 1 unspecified atom stereocenters. The van der Waals surface area contributed by atoms with Crippen molar-refractivity contribution in [1.29, 1.82) is 0 Å². The van der Waals surface area contributed by atoms with Crippen LogP contribution in [0.2, 0.25) is 0 Å². The van der Waals surface area contributed by atoms with Crippen LogP contribution < -0.4 is 0 Å². The summed E-state index contributed by atoms with van der Waals surface area (Å²) in [6.07, 6.45) is 1.70. The lowest BCUT2D eigenvalue weighted by atomic mass is 10.2. The van der Waals surface area contributed by atoms with Crippen LogP contribution in [0.3, 0.4) is 0 Å². The van der Waals surface area contributed by atoms with Gasteiger partial charge in [0.05, 0.1) is 21.5 Å². The summed E-state index contributed by atoms with van der Waals surface area (Å²) < 4.78 is 12.1. The molecule has 2 nitrogen and oxygen atoms in total. The minimum absolute atomic E-state index is 0.436. The van der Waals surface area contributed by atoms with Crippen LogP contribution in [0, 0.1) is 6.92 Å². The SMILES string of the molecule is Cc1nc(C(C)C)sc1S(C)=O. The molecular weight excluding hydrogens is 190 g/mol. The molecule has 0 radical (unpaired) electrons. The van der Waals surface area contributed by atoms with Gasteiger partial charge in [-0.1, -0.05) is 13.8 Å². The third-order valence-corrected chi connectivity index (χ3v) is 4.55. The van der Waals surface area contributed by atoms with Gasteiger partial charge in [-0.2, -0.15) is 0 Å². The van der Waals surface area contributed by atoms with Gasteiger partial charge in [0, 0.05) is 12.2 Å². The second-order valence-electron chi connectivity index (χ2n) is 3.03. The Bertz CT molecular complexity index is 304. The van der Waals surface area contributed by atoms with Crippen LogP contribution in [0.5, 0.6) is 0 Å². The number of rotatable bonds is 2. The Kier molecular flexibility index (Phi) is 3.01. The molecule has 0 aromatic carbocycles. The van der Waals surface area contributed by atoms with Gasteiger partial charge < -0.3 is 0 Å². The first-order chi connectivity index (χ1) is 5.52. The van der Waals surface area contributed by atoms with Crippen molar-refractivity contribution in [1.82, 2.24) is 4.98 Å². The standard InChI is InChI=1S/C8H13NOS2/c1-5(2)7-9-6(3)8(11-7)12(4)10/h5H,1-4H3. The predicted octanol–water partition coefficient (Wildman–Crippen LogP) is 2.31. The van der Waals surface area contributed by atoms with Crippen molar-refractivity contribution in [3.05, 3.63) is 10.7 Å². The maximum absolute atomic E-state index is 11.2. The maximum atomic E-state index is 11.2. The zero-order valence-electron chi connectivity index (χ0n) is 7.75. The van der Waals surface area contributed by atoms with Gasteiger partial charge in [-0.15, -0.1) is 11.3 Å². The average molecular weight is 203 g/mol.